The van der Waals surface area contributed by atoms with Gasteiger partial charge in [0.25, 0.3) is 0 Å². The quantitative estimate of drug-likeness (QED) is 0.890. The first kappa shape index (κ1) is 14.4. The van der Waals surface area contributed by atoms with Gasteiger partial charge in [0, 0.05) is 13.1 Å². The van der Waals surface area contributed by atoms with Gasteiger partial charge in [-0.1, -0.05) is 43.2 Å². The highest BCUT2D eigenvalue weighted by Crippen LogP contribution is 2.15. The van der Waals surface area contributed by atoms with Crippen LogP contribution >= 0.6 is 0 Å². The summed E-state index contributed by atoms with van der Waals surface area (Å²) in [7, 11) is 0. The van der Waals surface area contributed by atoms with Gasteiger partial charge in [0.1, 0.15) is 0 Å². The normalized spacial score (nSPS) is 17.1. The molecule has 1 aromatic carbocycles. The van der Waals surface area contributed by atoms with Gasteiger partial charge in [-0.15, -0.1) is 0 Å². The molecule has 0 unspecified atom stereocenters. The summed E-state index contributed by atoms with van der Waals surface area (Å²) in [5.41, 5.74) is 0.586. The Balaban J connectivity index is 2.04. The van der Waals surface area contributed by atoms with Crippen LogP contribution in [0.4, 0.5) is 4.79 Å². The van der Waals surface area contributed by atoms with E-state index < -0.39 is 12.0 Å². The molecule has 0 bridgehead atoms. The van der Waals surface area contributed by atoms with E-state index in [1.165, 1.54) is 0 Å². The number of nitrogens with zero attached hydrogens (tertiary/aromatic N) is 1. The van der Waals surface area contributed by atoms with Crippen molar-refractivity contribution in [3.63, 3.8) is 0 Å². The highest BCUT2D eigenvalue weighted by Gasteiger charge is 2.24. The summed E-state index contributed by atoms with van der Waals surface area (Å²) in [4.78, 5) is 25.3. The van der Waals surface area contributed by atoms with Crippen LogP contribution in [0.1, 0.15) is 37.3 Å². The predicted molar refractivity (Wildman–Crippen MR) is 75.4 cm³/mol. The molecule has 20 heavy (non-hydrogen) atoms. The van der Waals surface area contributed by atoms with Gasteiger partial charge in [-0.3, -0.25) is 0 Å². The highest BCUT2D eigenvalue weighted by molar-refractivity contribution is 5.83. The molecule has 0 saturated carbocycles. The number of hydrogen-bond donors (Lipinski definition) is 2. The van der Waals surface area contributed by atoms with Gasteiger partial charge < -0.3 is 15.3 Å². The van der Waals surface area contributed by atoms with Gasteiger partial charge in [0.2, 0.25) is 0 Å². The molecule has 0 aromatic heterocycles. The lowest BCUT2D eigenvalue weighted by Gasteiger charge is -2.23. The van der Waals surface area contributed by atoms with Gasteiger partial charge in [0.05, 0.1) is 0 Å². The number of rotatable bonds is 3. The van der Waals surface area contributed by atoms with Gasteiger partial charge in [-0.25, -0.2) is 9.59 Å². The van der Waals surface area contributed by atoms with Crippen molar-refractivity contribution >= 4 is 12.0 Å². The Morgan fingerprint density at radius 2 is 1.65 bits per heavy atom. The number of nitrogens with one attached hydrogen (secondary N) is 1. The standard InChI is InChI=1S/C15H20N2O3/c18-14(19)13(12-8-4-3-5-9-12)16-15(20)17-10-6-1-2-7-11-17/h3-5,8-9,13H,1-2,6-7,10-11H2,(H,16,20)(H,18,19)/t13-/m1/s1. The lowest BCUT2D eigenvalue weighted by molar-refractivity contribution is -0.139. The first-order valence-electron chi connectivity index (χ1n) is 7.01. The second-order valence-corrected chi connectivity index (χ2v) is 5.03. The lowest BCUT2D eigenvalue weighted by Crippen LogP contribution is -2.44. The maximum absolute atomic E-state index is 12.2. The van der Waals surface area contributed by atoms with Crippen molar-refractivity contribution in [2.24, 2.45) is 0 Å². The summed E-state index contributed by atoms with van der Waals surface area (Å²) in [6.45, 7) is 1.40. The van der Waals surface area contributed by atoms with Crippen molar-refractivity contribution < 1.29 is 14.7 Å². The smallest absolute Gasteiger partial charge is 0.330 e. The second-order valence-electron chi connectivity index (χ2n) is 5.03. The Morgan fingerprint density at radius 3 is 2.20 bits per heavy atom. The third kappa shape index (κ3) is 3.73. The second kappa shape index (κ2) is 6.93. The van der Waals surface area contributed by atoms with E-state index in [0.29, 0.717) is 18.7 Å². The summed E-state index contributed by atoms with van der Waals surface area (Å²) >= 11 is 0. The monoisotopic (exact) mass is 276 g/mol. The minimum absolute atomic E-state index is 0.289. The van der Waals surface area contributed by atoms with Crippen LogP contribution in [-0.2, 0) is 4.79 Å². The predicted octanol–water partition coefficient (Wildman–Crippen LogP) is 2.40. The third-order valence-corrected chi connectivity index (χ3v) is 3.54. The molecular weight excluding hydrogens is 256 g/mol. The SMILES string of the molecule is O=C(O)[C@H](NC(=O)N1CCCCCC1)c1ccccc1. The average Bonchev–Trinajstić information content (AvgIpc) is 2.74. The molecule has 0 spiro atoms. The van der Waals surface area contributed by atoms with E-state index in [2.05, 4.69) is 5.32 Å². The van der Waals surface area contributed by atoms with Crippen LogP contribution in [0.25, 0.3) is 0 Å². The molecule has 5 heteroatoms. The van der Waals surface area contributed by atoms with Crippen LogP contribution in [0.3, 0.4) is 0 Å². The van der Waals surface area contributed by atoms with Gasteiger partial charge in [-0.2, -0.15) is 0 Å². The molecule has 2 amide bonds. The zero-order chi connectivity index (χ0) is 14.4. The molecule has 1 heterocycles. The summed E-state index contributed by atoms with van der Waals surface area (Å²) in [6, 6.07) is 7.49. The topological polar surface area (TPSA) is 69.6 Å². The minimum atomic E-state index is -1.04. The fourth-order valence-corrected chi connectivity index (χ4v) is 2.42. The van der Waals surface area contributed by atoms with E-state index in [4.69, 9.17) is 0 Å². The van der Waals surface area contributed by atoms with E-state index in [1.807, 2.05) is 6.07 Å². The fourth-order valence-electron chi connectivity index (χ4n) is 2.42. The van der Waals surface area contributed by atoms with E-state index in [9.17, 15) is 14.7 Å². The number of benzene rings is 1. The molecule has 1 fully saturated rings. The first-order chi connectivity index (χ1) is 9.68. The van der Waals surface area contributed by atoms with Crippen molar-refractivity contribution in [3.05, 3.63) is 35.9 Å². The molecule has 1 aliphatic rings. The van der Waals surface area contributed by atoms with Crippen molar-refractivity contribution in [2.45, 2.75) is 31.7 Å². The average molecular weight is 276 g/mol. The van der Waals surface area contributed by atoms with Gasteiger partial charge >= 0.3 is 12.0 Å². The minimum Gasteiger partial charge on any atom is -0.479 e. The first-order valence-corrected chi connectivity index (χ1v) is 7.01. The fraction of sp³-hybridized carbons (Fsp3) is 0.467. The molecule has 0 aliphatic carbocycles. The number of carboxylic acid groups (broad SMARTS) is 1. The van der Waals surface area contributed by atoms with Crippen molar-refractivity contribution in [1.82, 2.24) is 10.2 Å². The molecule has 1 aromatic rings. The van der Waals surface area contributed by atoms with Crippen LogP contribution < -0.4 is 5.32 Å². The Labute approximate surface area is 118 Å². The summed E-state index contributed by atoms with van der Waals surface area (Å²) in [5, 5.41) is 11.9. The number of carbonyl (C=O) groups is 2. The number of aliphatic carboxylic acids is 1. The summed E-state index contributed by atoms with van der Waals surface area (Å²) < 4.78 is 0. The zero-order valence-corrected chi connectivity index (χ0v) is 11.4. The number of urea groups is 1. The van der Waals surface area contributed by atoms with Crippen LogP contribution in [0, 0.1) is 0 Å². The van der Waals surface area contributed by atoms with Crippen molar-refractivity contribution in [3.8, 4) is 0 Å². The summed E-state index contributed by atoms with van der Waals surface area (Å²) in [6.07, 6.45) is 4.22. The Hall–Kier alpha value is -2.04. The van der Waals surface area contributed by atoms with E-state index in [-0.39, 0.29) is 6.03 Å². The number of likely N-dealkylation sites (tertiary alicyclic amines) is 1. The van der Waals surface area contributed by atoms with Crippen LogP contribution in [0.2, 0.25) is 0 Å². The van der Waals surface area contributed by atoms with E-state index in [1.54, 1.807) is 29.2 Å². The number of carbonyl (C=O) groups excluding carboxylic acids is 1. The highest BCUT2D eigenvalue weighted by atomic mass is 16.4. The summed E-state index contributed by atoms with van der Waals surface area (Å²) in [5.74, 6) is -1.04. The molecule has 1 atom stereocenters. The zero-order valence-electron chi connectivity index (χ0n) is 11.4. The molecule has 108 valence electrons. The van der Waals surface area contributed by atoms with Crippen LogP contribution in [0.15, 0.2) is 30.3 Å². The van der Waals surface area contributed by atoms with Gasteiger partial charge in [0.15, 0.2) is 6.04 Å². The maximum atomic E-state index is 12.2. The maximum Gasteiger partial charge on any atom is 0.330 e. The van der Waals surface area contributed by atoms with Crippen LogP contribution in [0.5, 0.6) is 0 Å². The van der Waals surface area contributed by atoms with E-state index in [0.717, 1.165) is 25.7 Å². The molecule has 1 aliphatic heterocycles. The van der Waals surface area contributed by atoms with Gasteiger partial charge in [-0.05, 0) is 18.4 Å². The molecular formula is C15H20N2O3. The van der Waals surface area contributed by atoms with Crippen molar-refractivity contribution in [2.75, 3.05) is 13.1 Å². The molecule has 0 radical (unpaired) electrons. The van der Waals surface area contributed by atoms with Crippen molar-refractivity contribution in [1.29, 1.82) is 0 Å². The Kier molecular flexibility index (Phi) is 4.98. The Morgan fingerprint density at radius 1 is 1.05 bits per heavy atom. The third-order valence-electron chi connectivity index (χ3n) is 3.54. The molecule has 1 saturated heterocycles. The number of hydrogen-bond acceptors (Lipinski definition) is 2. The Bertz CT molecular complexity index is 453. The lowest BCUT2D eigenvalue weighted by atomic mass is 10.1. The molecule has 2 N–H and O–H groups in total. The van der Waals surface area contributed by atoms with Crippen LogP contribution in [-0.4, -0.2) is 35.1 Å². The number of carboxylic acids is 1. The van der Waals surface area contributed by atoms with E-state index >= 15 is 0 Å². The molecule has 2 rings (SSSR count). The largest absolute Gasteiger partial charge is 0.479 e. The molecule has 5 nitrogen and oxygen atoms in total. The number of amides is 2.